The lowest BCUT2D eigenvalue weighted by atomic mass is 9.97. The molecule has 2 aromatic rings. The highest BCUT2D eigenvalue weighted by molar-refractivity contribution is 5.37. The summed E-state index contributed by atoms with van der Waals surface area (Å²) in [4.78, 5) is 4.97. The van der Waals surface area contributed by atoms with Crippen LogP contribution in [0.5, 0.6) is 0 Å². The molecule has 1 N–H and O–H groups in total. The molecule has 0 spiro atoms. The Labute approximate surface area is 186 Å². The fourth-order valence-corrected chi connectivity index (χ4v) is 4.18. The first-order valence-corrected chi connectivity index (χ1v) is 11.3. The molecule has 1 atom stereocenters. The number of halogens is 1. The van der Waals surface area contributed by atoms with Crippen LogP contribution in [0.3, 0.4) is 0 Å². The second kappa shape index (κ2) is 10.9. The van der Waals surface area contributed by atoms with Crippen molar-refractivity contribution in [2.24, 2.45) is 5.92 Å². The van der Waals surface area contributed by atoms with Gasteiger partial charge in [-0.1, -0.05) is 36.1 Å². The molecule has 0 unspecified atom stereocenters. The maximum Gasteiger partial charge on any atom is 0.123 e. The summed E-state index contributed by atoms with van der Waals surface area (Å²) >= 11 is 0. The van der Waals surface area contributed by atoms with Gasteiger partial charge in [0.05, 0.1) is 0 Å². The van der Waals surface area contributed by atoms with Gasteiger partial charge in [-0.05, 0) is 88.0 Å². The lowest BCUT2D eigenvalue weighted by Crippen LogP contribution is -2.40. The number of piperidine rings is 1. The third-order valence-corrected chi connectivity index (χ3v) is 5.72. The van der Waals surface area contributed by atoms with Gasteiger partial charge in [0.1, 0.15) is 11.4 Å². The molecule has 4 heteroatoms. The Bertz CT molecular complexity index is 875. The number of benzene rings is 2. The monoisotopic (exact) mass is 422 g/mol. The summed E-state index contributed by atoms with van der Waals surface area (Å²) in [7, 11) is 2.19. The third-order valence-electron chi connectivity index (χ3n) is 5.72. The highest BCUT2D eigenvalue weighted by atomic mass is 19.1. The fourth-order valence-electron chi connectivity index (χ4n) is 4.18. The quantitative estimate of drug-likeness (QED) is 0.673. The van der Waals surface area contributed by atoms with E-state index in [0.29, 0.717) is 5.92 Å². The van der Waals surface area contributed by atoms with Crippen molar-refractivity contribution in [2.75, 3.05) is 33.2 Å². The molecule has 0 bridgehead atoms. The molecule has 31 heavy (non-hydrogen) atoms. The van der Waals surface area contributed by atoms with Gasteiger partial charge in [0, 0.05) is 31.7 Å². The molecule has 1 saturated heterocycles. The van der Waals surface area contributed by atoms with Crippen molar-refractivity contribution in [3.05, 3.63) is 71.0 Å². The van der Waals surface area contributed by atoms with Crippen LogP contribution in [0.4, 0.5) is 4.39 Å². The van der Waals surface area contributed by atoms with Crippen LogP contribution in [-0.4, -0.2) is 53.7 Å². The average Bonchev–Trinajstić information content (AvgIpc) is 2.72. The molecule has 0 radical (unpaired) electrons. The van der Waals surface area contributed by atoms with Crippen molar-refractivity contribution < 1.29 is 9.50 Å². The predicted molar refractivity (Wildman–Crippen MR) is 125 cm³/mol. The van der Waals surface area contributed by atoms with E-state index in [0.717, 1.165) is 44.7 Å². The first-order valence-electron chi connectivity index (χ1n) is 11.3. The normalized spacial score (nSPS) is 17.4. The van der Waals surface area contributed by atoms with Crippen molar-refractivity contribution >= 4 is 0 Å². The molecule has 0 saturated carbocycles. The maximum absolute atomic E-state index is 13.1. The summed E-state index contributed by atoms with van der Waals surface area (Å²) in [6.45, 7) is 8.74. The van der Waals surface area contributed by atoms with Gasteiger partial charge in [-0.2, -0.15) is 0 Å². The number of rotatable bonds is 7. The van der Waals surface area contributed by atoms with Gasteiger partial charge >= 0.3 is 0 Å². The molecule has 3 nitrogen and oxygen atoms in total. The van der Waals surface area contributed by atoms with E-state index in [-0.39, 0.29) is 5.82 Å². The minimum atomic E-state index is -0.966. The second-order valence-corrected chi connectivity index (χ2v) is 9.39. The molecule has 1 aliphatic heterocycles. The van der Waals surface area contributed by atoms with E-state index >= 15 is 0 Å². The van der Waals surface area contributed by atoms with Crippen molar-refractivity contribution in [3.63, 3.8) is 0 Å². The van der Waals surface area contributed by atoms with Crippen molar-refractivity contribution in [1.82, 2.24) is 9.80 Å². The van der Waals surface area contributed by atoms with Crippen molar-refractivity contribution in [2.45, 2.75) is 45.3 Å². The van der Waals surface area contributed by atoms with Crippen LogP contribution in [-0.2, 0) is 13.0 Å². The van der Waals surface area contributed by atoms with Gasteiger partial charge in [0.25, 0.3) is 0 Å². The Morgan fingerprint density at radius 2 is 1.77 bits per heavy atom. The Hall–Kier alpha value is -2.19. The Morgan fingerprint density at radius 3 is 2.45 bits per heavy atom. The van der Waals surface area contributed by atoms with Crippen molar-refractivity contribution in [1.29, 1.82) is 0 Å². The summed E-state index contributed by atoms with van der Waals surface area (Å²) in [6, 6.07) is 15.2. The predicted octanol–water partition coefficient (Wildman–Crippen LogP) is 4.33. The standard InChI is InChI=1S/C27H35FN2O/c1-27(2,31)16-14-22-6-8-24(9-7-22)19-29(3)20-25-5-4-17-30(21-25)18-15-23-10-12-26(28)13-11-23/h6-13,25,31H,4-5,15,17-21H2,1-3H3/t25-/m1/s1. The number of aliphatic hydroxyl groups is 1. The van der Waals surface area contributed by atoms with Gasteiger partial charge in [-0.3, -0.25) is 0 Å². The molecule has 2 aromatic carbocycles. The van der Waals surface area contributed by atoms with E-state index in [4.69, 9.17) is 0 Å². The van der Waals surface area contributed by atoms with Crippen molar-refractivity contribution in [3.8, 4) is 11.8 Å². The second-order valence-electron chi connectivity index (χ2n) is 9.39. The number of hydrogen-bond acceptors (Lipinski definition) is 3. The van der Waals surface area contributed by atoms with Gasteiger partial charge in [0.2, 0.25) is 0 Å². The molecule has 3 rings (SSSR count). The van der Waals surface area contributed by atoms with E-state index in [1.54, 1.807) is 26.0 Å². The van der Waals surface area contributed by atoms with Gasteiger partial charge in [0.15, 0.2) is 0 Å². The van der Waals surface area contributed by atoms with E-state index in [1.807, 2.05) is 24.3 Å². The summed E-state index contributed by atoms with van der Waals surface area (Å²) in [5, 5.41) is 9.73. The lowest BCUT2D eigenvalue weighted by Gasteiger charge is -2.34. The van der Waals surface area contributed by atoms with Crippen LogP contribution in [0.1, 0.15) is 43.4 Å². The Balaban J connectivity index is 1.44. The van der Waals surface area contributed by atoms with Gasteiger partial charge in [-0.25, -0.2) is 4.39 Å². The zero-order valence-corrected chi connectivity index (χ0v) is 19.1. The molecular weight excluding hydrogens is 387 g/mol. The molecule has 1 heterocycles. The third kappa shape index (κ3) is 8.45. The average molecular weight is 423 g/mol. The minimum Gasteiger partial charge on any atom is -0.378 e. The Morgan fingerprint density at radius 1 is 1.10 bits per heavy atom. The first kappa shape index (κ1) is 23.5. The van der Waals surface area contributed by atoms with Crippen LogP contribution in [0, 0.1) is 23.6 Å². The smallest absolute Gasteiger partial charge is 0.123 e. The van der Waals surface area contributed by atoms with E-state index in [1.165, 1.54) is 24.0 Å². The van der Waals surface area contributed by atoms with Gasteiger partial charge < -0.3 is 14.9 Å². The summed E-state index contributed by atoms with van der Waals surface area (Å²) in [5.41, 5.74) is 2.44. The first-order chi connectivity index (χ1) is 14.8. The molecule has 1 fully saturated rings. The summed E-state index contributed by atoms with van der Waals surface area (Å²) in [5.74, 6) is 6.40. The van der Waals surface area contributed by atoms with Crippen LogP contribution < -0.4 is 0 Å². The topological polar surface area (TPSA) is 26.7 Å². The summed E-state index contributed by atoms with van der Waals surface area (Å²) in [6.07, 6.45) is 3.50. The van der Waals surface area contributed by atoms with E-state index in [2.05, 4.69) is 40.8 Å². The molecule has 1 aliphatic rings. The highest BCUT2D eigenvalue weighted by Gasteiger charge is 2.21. The van der Waals surface area contributed by atoms with E-state index < -0.39 is 5.60 Å². The van der Waals surface area contributed by atoms with Crippen LogP contribution in [0.2, 0.25) is 0 Å². The fraction of sp³-hybridized carbons (Fsp3) is 0.481. The van der Waals surface area contributed by atoms with Gasteiger partial charge in [-0.15, -0.1) is 0 Å². The number of hydrogen-bond donors (Lipinski definition) is 1. The maximum atomic E-state index is 13.1. The minimum absolute atomic E-state index is 0.165. The zero-order chi connectivity index (χ0) is 22.3. The molecular formula is C27H35FN2O. The van der Waals surface area contributed by atoms with E-state index in [9.17, 15) is 9.50 Å². The summed E-state index contributed by atoms with van der Waals surface area (Å²) < 4.78 is 13.1. The largest absolute Gasteiger partial charge is 0.378 e. The molecule has 0 amide bonds. The molecule has 0 aromatic heterocycles. The molecule has 0 aliphatic carbocycles. The Kier molecular flexibility index (Phi) is 8.26. The van der Waals surface area contributed by atoms with Crippen LogP contribution in [0.25, 0.3) is 0 Å². The molecule has 166 valence electrons. The zero-order valence-electron chi connectivity index (χ0n) is 19.1. The SMILES string of the molecule is CN(Cc1ccc(C#CC(C)(C)O)cc1)C[C@H]1CCCN(CCc2ccc(F)cc2)C1. The van der Waals surface area contributed by atoms with Crippen LogP contribution in [0.15, 0.2) is 48.5 Å². The highest BCUT2D eigenvalue weighted by Crippen LogP contribution is 2.19. The number of nitrogens with zero attached hydrogens (tertiary/aromatic N) is 2. The number of likely N-dealkylation sites (tertiary alicyclic amines) is 1. The van der Waals surface area contributed by atoms with Crippen LogP contribution >= 0.6 is 0 Å². The lowest BCUT2D eigenvalue weighted by molar-refractivity contribution is 0.142.